The molecule has 3 fully saturated rings. The van der Waals surface area contributed by atoms with Crippen LogP contribution in [0.25, 0.3) is 0 Å². The number of epoxide rings is 1. The SMILES string of the molecule is N#C[C@H]1C[C@@H]2C[C@H]1[C@@H]1O[C@@H]21. The molecule has 0 radical (unpaired) electrons. The Bertz CT molecular complexity index is 220. The molecule has 0 spiro atoms. The van der Waals surface area contributed by atoms with Crippen molar-refractivity contribution >= 4 is 0 Å². The van der Waals surface area contributed by atoms with Crippen molar-refractivity contribution < 1.29 is 4.74 Å². The lowest BCUT2D eigenvalue weighted by Gasteiger charge is -2.09. The zero-order chi connectivity index (χ0) is 6.72. The van der Waals surface area contributed by atoms with E-state index in [0.29, 0.717) is 24.0 Å². The quantitative estimate of drug-likeness (QED) is 0.463. The van der Waals surface area contributed by atoms with Gasteiger partial charge in [0.25, 0.3) is 0 Å². The Hall–Kier alpha value is -0.550. The summed E-state index contributed by atoms with van der Waals surface area (Å²) in [6.45, 7) is 0. The molecule has 10 heavy (non-hydrogen) atoms. The molecule has 2 aliphatic carbocycles. The van der Waals surface area contributed by atoms with Crippen molar-refractivity contribution in [1.82, 2.24) is 0 Å². The summed E-state index contributed by atoms with van der Waals surface area (Å²) in [5, 5.41) is 8.72. The lowest BCUT2D eigenvalue weighted by molar-refractivity contribution is 0.259. The Balaban J connectivity index is 1.93. The monoisotopic (exact) mass is 135 g/mol. The van der Waals surface area contributed by atoms with Crippen molar-refractivity contribution in [3.8, 4) is 6.07 Å². The molecule has 2 nitrogen and oxygen atoms in total. The third kappa shape index (κ3) is 0.411. The molecule has 0 unspecified atom stereocenters. The van der Waals surface area contributed by atoms with Crippen molar-refractivity contribution in [3.63, 3.8) is 0 Å². The van der Waals surface area contributed by atoms with Gasteiger partial charge in [0.15, 0.2) is 0 Å². The van der Waals surface area contributed by atoms with Crippen molar-refractivity contribution in [2.24, 2.45) is 17.8 Å². The van der Waals surface area contributed by atoms with Crippen LogP contribution in [0.5, 0.6) is 0 Å². The van der Waals surface area contributed by atoms with Gasteiger partial charge in [0.2, 0.25) is 0 Å². The Labute approximate surface area is 59.8 Å². The van der Waals surface area contributed by atoms with E-state index in [4.69, 9.17) is 10.00 Å². The first-order valence-electron chi connectivity index (χ1n) is 3.95. The third-order valence-electron chi connectivity index (χ3n) is 3.26. The molecule has 3 rings (SSSR count). The van der Waals surface area contributed by atoms with Crippen LogP contribution in [-0.4, -0.2) is 12.2 Å². The van der Waals surface area contributed by atoms with Gasteiger partial charge in [-0.3, -0.25) is 0 Å². The second kappa shape index (κ2) is 1.38. The third-order valence-corrected chi connectivity index (χ3v) is 3.26. The molecule has 0 aromatic heterocycles. The normalized spacial score (nSPS) is 61.7. The number of rotatable bonds is 0. The first kappa shape index (κ1) is 5.15. The molecular formula is C8H9NO. The predicted octanol–water partition coefficient (Wildman–Crippen LogP) is 0.933. The van der Waals surface area contributed by atoms with Gasteiger partial charge in [-0.05, 0) is 18.8 Å². The highest BCUT2D eigenvalue weighted by Gasteiger charge is 2.63. The van der Waals surface area contributed by atoms with Gasteiger partial charge in [0.1, 0.15) is 0 Å². The van der Waals surface area contributed by atoms with Gasteiger partial charge in [-0.2, -0.15) is 5.26 Å². The molecular weight excluding hydrogens is 126 g/mol. The zero-order valence-corrected chi connectivity index (χ0v) is 5.66. The maximum Gasteiger partial charge on any atom is 0.0885 e. The van der Waals surface area contributed by atoms with Crippen LogP contribution in [0.3, 0.4) is 0 Å². The first-order chi connectivity index (χ1) is 4.90. The number of hydrogen-bond acceptors (Lipinski definition) is 2. The lowest BCUT2D eigenvalue weighted by atomic mass is 9.90. The van der Waals surface area contributed by atoms with Crippen LogP contribution in [0, 0.1) is 29.1 Å². The van der Waals surface area contributed by atoms with Crippen LogP contribution in [0.15, 0.2) is 0 Å². The average Bonchev–Trinajstić information content (AvgIpc) is 2.58. The van der Waals surface area contributed by atoms with Crippen LogP contribution in [-0.2, 0) is 4.74 Å². The van der Waals surface area contributed by atoms with E-state index in [0.717, 1.165) is 12.3 Å². The van der Waals surface area contributed by atoms with Crippen LogP contribution in [0.4, 0.5) is 0 Å². The van der Waals surface area contributed by atoms with E-state index in [1.807, 2.05) is 0 Å². The van der Waals surface area contributed by atoms with E-state index in [9.17, 15) is 0 Å². The highest BCUT2D eigenvalue weighted by atomic mass is 16.6. The average molecular weight is 135 g/mol. The first-order valence-corrected chi connectivity index (χ1v) is 3.95. The van der Waals surface area contributed by atoms with Crippen molar-refractivity contribution in [1.29, 1.82) is 5.26 Å². The van der Waals surface area contributed by atoms with Gasteiger partial charge in [-0.1, -0.05) is 0 Å². The summed E-state index contributed by atoms with van der Waals surface area (Å²) in [6, 6.07) is 2.37. The summed E-state index contributed by atoms with van der Waals surface area (Å²) in [7, 11) is 0. The maximum atomic E-state index is 8.72. The Morgan fingerprint density at radius 2 is 2.20 bits per heavy atom. The van der Waals surface area contributed by atoms with E-state index in [-0.39, 0.29) is 0 Å². The Morgan fingerprint density at radius 1 is 1.30 bits per heavy atom. The van der Waals surface area contributed by atoms with Crippen molar-refractivity contribution in [2.75, 3.05) is 0 Å². The molecule has 0 aromatic carbocycles. The molecule has 1 saturated heterocycles. The molecule has 52 valence electrons. The minimum atomic E-state index is 0.328. The van der Waals surface area contributed by atoms with Gasteiger partial charge < -0.3 is 4.74 Å². The molecule has 2 heteroatoms. The van der Waals surface area contributed by atoms with Gasteiger partial charge in [0, 0.05) is 5.92 Å². The van der Waals surface area contributed by atoms with Gasteiger partial charge in [0.05, 0.1) is 24.2 Å². The summed E-state index contributed by atoms with van der Waals surface area (Å²) in [5.41, 5.74) is 0. The lowest BCUT2D eigenvalue weighted by Crippen LogP contribution is -2.15. The summed E-state index contributed by atoms with van der Waals surface area (Å²) in [4.78, 5) is 0. The second-order valence-corrected chi connectivity index (χ2v) is 3.70. The van der Waals surface area contributed by atoms with Gasteiger partial charge in [-0.15, -0.1) is 0 Å². The van der Waals surface area contributed by atoms with E-state index in [2.05, 4.69) is 6.07 Å². The van der Waals surface area contributed by atoms with Crippen molar-refractivity contribution in [2.45, 2.75) is 25.0 Å². The molecule has 3 aliphatic rings. The Kier molecular flexibility index (Phi) is 0.709. The fourth-order valence-corrected chi connectivity index (χ4v) is 2.75. The molecule has 1 heterocycles. The number of fused-ring (bicyclic) bond motifs is 5. The largest absolute Gasteiger partial charge is 0.369 e. The summed E-state index contributed by atoms with van der Waals surface area (Å²) < 4.78 is 5.42. The second-order valence-electron chi connectivity index (χ2n) is 3.70. The highest BCUT2D eigenvalue weighted by Crippen LogP contribution is 2.58. The molecule has 2 saturated carbocycles. The molecule has 2 bridgehead atoms. The Morgan fingerprint density at radius 3 is 2.80 bits per heavy atom. The van der Waals surface area contributed by atoms with Crippen LogP contribution in [0.2, 0.25) is 0 Å². The van der Waals surface area contributed by atoms with Gasteiger partial charge >= 0.3 is 0 Å². The van der Waals surface area contributed by atoms with E-state index < -0.39 is 0 Å². The number of nitriles is 1. The molecule has 0 amide bonds. The highest BCUT2D eigenvalue weighted by molar-refractivity contribution is 5.14. The van der Waals surface area contributed by atoms with E-state index >= 15 is 0 Å². The zero-order valence-electron chi connectivity index (χ0n) is 5.66. The fourth-order valence-electron chi connectivity index (χ4n) is 2.75. The predicted molar refractivity (Wildman–Crippen MR) is 34.0 cm³/mol. The summed E-state index contributed by atoms with van der Waals surface area (Å²) in [6.07, 6.45) is 3.47. The van der Waals surface area contributed by atoms with Crippen molar-refractivity contribution in [3.05, 3.63) is 0 Å². The minimum absolute atomic E-state index is 0.328. The topological polar surface area (TPSA) is 36.3 Å². The van der Waals surface area contributed by atoms with Crippen LogP contribution < -0.4 is 0 Å². The summed E-state index contributed by atoms with van der Waals surface area (Å²) >= 11 is 0. The van der Waals surface area contributed by atoms with Crippen LogP contribution >= 0.6 is 0 Å². The molecule has 0 N–H and O–H groups in total. The van der Waals surface area contributed by atoms with E-state index in [1.165, 1.54) is 6.42 Å². The number of ether oxygens (including phenoxy) is 1. The minimum Gasteiger partial charge on any atom is -0.369 e. The van der Waals surface area contributed by atoms with E-state index in [1.54, 1.807) is 0 Å². The smallest absolute Gasteiger partial charge is 0.0885 e. The van der Waals surface area contributed by atoms with Gasteiger partial charge in [-0.25, -0.2) is 0 Å². The molecule has 0 aromatic rings. The molecule has 1 aliphatic heterocycles. The standard InChI is InChI=1S/C8H9NO/c9-3-5-1-4-2-6(5)8-7(4)10-8/h4-8H,1-2H2/t4-,5-,6-,7+,8+/m1/s1. The molecule has 5 atom stereocenters. The fraction of sp³-hybridized carbons (Fsp3) is 0.875. The number of nitrogens with zero attached hydrogens (tertiary/aromatic N) is 1. The van der Waals surface area contributed by atoms with Crippen LogP contribution in [0.1, 0.15) is 12.8 Å². The number of hydrogen-bond donors (Lipinski definition) is 0. The maximum absolute atomic E-state index is 8.72. The summed E-state index contributed by atoms with van der Waals surface area (Å²) in [5.74, 6) is 1.69.